The minimum Gasteiger partial charge on any atom is -0.423 e. The van der Waals surface area contributed by atoms with Gasteiger partial charge in [-0.25, -0.2) is 0 Å². The standard InChI is InChI=1S/C8H12O3/c1-5(2)8(6(3)9)11-7(4)10/h1-4H3. The van der Waals surface area contributed by atoms with Crippen LogP contribution in [0.3, 0.4) is 0 Å². The van der Waals surface area contributed by atoms with Crippen LogP contribution < -0.4 is 0 Å². The van der Waals surface area contributed by atoms with Gasteiger partial charge in [-0.1, -0.05) is 0 Å². The van der Waals surface area contributed by atoms with E-state index in [1.165, 1.54) is 13.8 Å². The van der Waals surface area contributed by atoms with Crippen LogP contribution in [0.5, 0.6) is 0 Å². The third-order valence-electron chi connectivity index (χ3n) is 1.02. The predicted molar refractivity (Wildman–Crippen MR) is 40.8 cm³/mol. The molecule has 0 N–H and O–H groups in total. The zero-order chi connectivity index (χ0) is 9.02. The molecule has 0 aromatic rings. The van der Waals surface area contributed by atoms with Crippen molar-refractivity contribution in [2.24, 2.45) is 0 Å². The monoisotopic (exact) mass is 156 g/mol. The molecule has 0 amide bonds. The van der Waals surface area contributed by atoms with E-state index in [4.69, 9.17) is 0 Å². The largest absolute Gasteiger partial charge is 0.423 e. The molecule has 0 aliphatic carbocycles. The number of rotatable bonds is 2. The summed E-state index contributed by atoms with van der Waals surface area (Å²) in [5, 5.41) is 0. The fraction of sp³-hybridized carbons (Fsp3) is 0.500. The van der Waals surface area contributed by atoms with Crippen LogP contribution in [0.25, 0.3) is 0 Å². The zero-order valence-corrected chi connectivity index (χ0v) is 7.22. The molecule has 0 saturated carbocycles. The van der Waals surface area contributed by atoms with Gasteiger partial charge in [0.25, 0.3) is 0 Å². The highest BCUT2D eigenvalue weighted by atomic mass is 16.5. The lowest BCUT2D eigenvalue weighted by Gasteiger charge is -2.03. The van der Waals surface area contributed by atoms with E-state index < -0.39 is 5.97 Å². The van der Waals surface area contributed by atoms with Crippen molar-refractivity contribution >= 4 is 11.8 Å². The molecule has 0 unspecified atom stereocenters. The van der Waals surface area contributed by atoms with Gasteiger partial charge in [0.15, 0.2) is 11.5 Å². The number of allylic oxidation sites excluding steroid dienone is 2. The second-order valence-corrected chi connectivity index (χ2v) is 2.48. The van der Waals surface area contributed by atoms with Crippen molar-refractivity contribution in [3.05, 3.63) is 11.3 Å². The van der Waals surface area contributed by atoms with E-state index in [1.807, 2.05) is 0 Å². The Bertz CT molecular complexity index is 209. The van der Waals surface area contributed by atoms with Gasteiger partial charge in [0.1, 0.15) is 0 Å². The summed E-state index contributed by atoms with van der Waals surface area (Å²) < 4.78 is 4.66. The Hall–Kier alpha value is -1.12. The molecule has 0 aromatic heterocycles. The van der Waals surface area contributed by atoms with Gasteiger partial charge in [-0.05, 0) is 19.4 Å². The molecule has 0 radical (unpaired) electrons. The number of hydrogen-bond donors (Lipinski definition) is 0. The summed E-state index contributed by atoms with van der Waals surface area (Å²) in [6.45, 7) is 6.08. The Morgan fingerprint density at radius 3 is 1.55 bits per heavy atom. The average molecular weight is 156 g/mol. The third kappa shape index (κ3) is 3.55. The molecule has 0 rings (SSSR count). The highest BCUT2D eigenvalue weighted by Crippen LogP contribution is 2.06. The molecule has 0 saturated heterocycles. The van der Waals surface area contributed by atoms with Gasteiger partial charge in [-0.15, -0.1) is 0 Å². The first-order valence-corrected chi connectivity index (χ1v) is 3.32. The van der Waals surface area contributed by atoms with Crippen molar-refractivity contribution in [1.29, 1.82) is 0 Å². The summed E-state index contributed by atoms with van der Waals surface area (Å²) >= 11 is 0. The predicted octanol–water partition coefficient (Wildman–Crippen LogP) is 1.43. The number of carbonyl (C=O) groups is 2. The third-order valence-corrected chi connectivity index (χ3v) is 1.02. The maximum atomic E-state index is 10.8. The first-order valence-electron chi connectivity index (χ1n) is 3.32. The molecule has 0 aliphatic rings. The van der Waals surface area contributed by atoms with E-state index in [2.05, 4.69) is 4.74 Å². The summed E-state index contributed by atoms with van der Waals surface area (Å²) in [7, 11) is 0. The van der Waals surface area contributed by atoms with Crippen molar-refractivity contribution < 1.29 is 14.3 Å². The first-order chi connectivity index (χ1) is 4.95. The number of ketones is 1. The van der Waals surface area contributed by atoms with Crippen molar-refractivity contribution in [1.82, 2.24) is 0 Å². The molecule has 0 bridgehead atoms. The van der Waals surface area contributed by atoms with Crippen LogP contribution in [0.4, 0.5) is 0 Å². The van der Waals surface area contributed by atoms with E-state index in [-0.39, 0.29) is 11.5 Å². The lowest BCUT2D eigenvalue weighted by Crippen LogP contribution is -2.07. The van der Waals surface area contributed by atoms with Crippen LogP contribution in [-0.2, 0) is 14.3 Å². The van der Waals surface area contributed by atoms with Gasteiger partial charge in [0.2, 0.25) is 0 Å². The van der Waals surface area contributed by atoms with Gasteiger partial charge < -0.3 is 4.74 Å². The molecular weight excluding hydrogens is 144 g/mol. The van der Waals surface area contributed by atoms with Crippen molar-refractivity contribution in [2.75, 3.05) is 0 Å². The maximum Gasteiger partial charge on any atom is 0.308 e. The Morgan fingerprint density at radius 2 is 1.45 bits per heavy atom. The van der Waals surface area contributed by atoms with Crippen molar-refractivity contribution in [3.8, 4) is 0 Å². The Balaban J connectivity index is 4.52. The highest BCUT2D eigenvalue weighted by Gasteiger charge is 2.08. The number of esters is 1. The molecule has 62 valence electrons. The van der Waals surface area contributed by atoms with Crippen LogP contribution in [0.15, 0.2) is 11.3 Å². The topological polar surface area (TPSA) is 43.4 Å². The maximum absolute atomic E-state index is 10.8. The lowest BCUT2D eigenvalue weighted by atomic mass is 10.2. The molecule has 3 nitrogen and oxygen atoms in total. The summed E-state index contributed by atoms with van der Waals surface area (Å²) in [6, 6.07) is 0. The second kappa shape index (κ2) is 3.91. The molecule has 0 spiro atoms. The Labute approximate surface area is 66.0 Å². The van der Waals surface area contributed by atoms with Crippen LogP contribution in [-0.4, -0.2) is 11.8 Å². The quantitative estimate of drug-likeness (QED) is 0.345. The second-order valence-electron chi connectivity index (χ2n) is 2.48. The Morgan fingerprint density at radius 1 is 1.00 bits per heavy atom. The number of hydrogen-bond acceptors (Lipinski definition) is 3. The highest BCUT2D eigenvalue weighted by molar-refractivity contribution is 5.94. The van der Waals surface area contributed by atoms with Crippen LogP contribution in [0.1, 0.15) is 27.7 Å². The normalized spacial score (nSPS) is 8.73. The Kier molecular flexibility index (Phi) is 3.51. The van der Waals surface area contributed by atoms with E-state index in [0.717, 1.165) is 0 Å². The number of Topliss-reactive ketones (excluding diaryl/α,β-unsaturated/α-hetero) is 1. The lowest BCUT2D eigenvalue weighted by molar-refractivity contribution is -0.140. The average Bonchev–Trinajstić information content (AvgIpc) is 1.81. The van der Waals surface area contributed by atoms with Gasteiger partial charge in [0, 0.05) is 13.8 Å². The van der Waals surface area contributed by atoms with Gasteiger partial charge in [-0.3, -0.25) is 9.59 Å². The van der Waals surface area contributed by atoms with E-state index in [9.17, 15) is 9.59 Å². The molecular formula is C8H12O3. The first kappa shape index (κ1) is 9.88. The zero-order valence-electron chi connectivity index (χ0n) is 7.22. The molecule has 11 heavy (non-hydrogen) atoms. The summed E-state index contributed by atoms with van der Waals surface area (Å²) in [6.07, 6.45) is 0. The molecule has 0 atom stereocenters. The minimum atomic E-state index is -0.462. The molecule has 3 heteroatoms. The number of carbonyl (C=O) groups excluding carboxylic acids is 2. The molecule has 0 aromatic carbocycles. The summed E-state index contributed by atoms with van der Waals surface area (Å²) in [4.78, 5) is 21.2. The van der Waals surface area contributed by atoms with E-state index in [0.29, 0.717) is 5.57 Å². The fourth-order valence-corrected chi connectivity index (χ4v) is 0.670. The molecule has 0 heterocycles. The minimum absolute atomic E-state index is 0.150. The van der Waals surface area contributed by atoms with Gasteiger partial charge >= 0.3 is 5.97 Å². The molecule has 0 aliphatic heterocycles. The van der Waals surface area contributed by atoms with E-state index in [1.54, 1.807) is 13.8 Å². The fourth-order valence-electron chi connectivity index (χ4n) is 0.670. The van der Waals surface area contributed by atoms with Crippen LogP contribution in [0, 0.1) is 0 Å². The van der Waals surface area contributed by atoms with Crippen LogP contribution >= 0.6 is 0 Å². The summed E-state index contributed by atoms with van der Waals surface area (Å²) in [5.74, 6) is -0.533. The molecule has 0 fully saturated rings. The van der Waals surface area contributed by atoms with Gasteiger partial charge in [0.05, 0.1) is 0 Å². The van der Waals surface area contributed by atoms with Gasteiger partial charge in [-0.2, -0.15) is 0 Å². The SMILES string of the molecule is CC(=O)OC(C(C)=O)=C(C)C. The number of ether oxygens (including phenoxy) is 1. The smallest absolute Gasteiger partial charge is 0.308 e. The van der Waals surface area contributed by atoms with E-state index >= 15 is 0 Å². The van der Waals surface area contributed by atoms with Crippen molar-refractivity contribution in [2.45, 2.75) is 27.7 Å². The van der Waals surface area contributed by atoms with Crippen LogP contribution in [0.2, 0.25) is 0 Å². The van der Waals surface area contributed by atoms with Crippen molar-refractivity contribution in [3.63, 3.8) is 0 Å². The summed E-state index contributed by atoms with van der Waals surface area (Å²) in [5.41, 5.74) is 0.715.